The number of ketones is 1. The van der Waals surface area contributed by atoms with E-state index in [2.05, 4.69) is 15.9 Å². The van der Waals surface area contributed by atoms with Gasteiger partial charge >= 0.3 is 0 Å². The molecule has 0 unspecified atom stereocenters. The van der Waals surface area contributed by atoms with E-state index in [1.54, 1.807) is 6.07 Å². The van der Waals surface area contributed by atoms with E-state index < -0.39 is 23.0 Å². The summed E-state index contributed by atoms with van der Waals surface area (Å²) in [6.07, 6.45) is -0.160. The summed E-state index contributed by atoms with van der Waals surface area (Å²) in [6.45, 7) is 0. The highest BCUT2D eigenvalue weighted by Gasteiger charge is 2.18. The van der Waals surface area contributed by atoms with Crippen LogP contribution in [0.4, 0.5) is 8.78 Å². The zero-order valence-corrected chi connectivity index (χ0v) is 13.0. The van der Waals surface area contributed by atoms with Crippen LogP contribution in [0.2, 0.25) is 10.0 Å². The molecule has 0 spiro atoms. The maximum Gasteiger partial charge on any atom is 0.173 e. The molecule has 0 radical (unpaired) electrons. The molecule has 0 aliphatic carbocycles. The van der Waals surface area contributed by atoms with Gasteiger partial charge < -0.3 is 0 Å². The van der Waals surface area contributed by atoms with Gasteiger partial charge in [-0.05, 0) is 29.8 Å². The Kier molecular flexibility index (Phi) is 4.78. The van der Waals surface area contributed by atoms with Crippen LogP contribution >= 0.6 is 39.1 Å². The van der Waals surface area contributed by atoms with E-state index in [9.17, 15) is 13.6 Å². The molecule has 0 heterocycles. The third kappa shape index (κ3) is 3.37. The molecule has 0 amide bonds. The minimum atomic E-state index is -0.901. The van der Waals surface area contributed by atoms with Gasteiger partial charge in [-0.1, -0.05) is 45.2 Å². The summed E-state index contributed by atoms with van der Waals surface area (Å²) in [5.74, 6) is -2.46. The topological polar surface area (TPSA) is 17.1 Å². The molecule has 104 valence electrons. The van der Waals surface area contributed by atoms with Crippen LogP contribution in [0.1, 0.15) is 15.9 Å². The summed E-state index contributed by atoms with van der Waals surface area (Å²) >= 11 is 14.5. The molecular formula is C14H7BrCl2F2O. The monoisotopic (exact) mass is 378 g/mol. The Morgan fingerprint density at radius 1 is 1.05 bits per heavy atom. The lowest BCUT2D eigenvalue weighted by Crippen LogP contribution is -2.09. The van der Waals surface area contributed by atoms with Gasteiger partial charge in [-0.2, -0.15) is 0 Å². The predicted octanol–water partition coefficient (Wildman–Crippen LogP) is 5.46. The van der Waals surface area contributed by atoms with Crippen LogP contribution in [-0.4, -0.2) is 5.78 Å². The van der Waals surface area contributed by atoms with Gasteiger partial charge in [0.2, 0.25) is 0 Å². The summed E-state index contributed by atoms with van der Waals surface area (Å²) in [5, 5.41) is 0.637. The summed E-state index contributed by atoms with van der Waals surface area (Å²) in [4.78, 5) is 12.0. The second-order valence-corrected chi connectivity index (χ2v) is 5.82. The lowest BCUT2D eigenvalue weighted by molar-refractivity contribution is 0.0985. The van der Waals surface area contributed by atoms with E-state index in [-0.39, 0.29) is 15.9 Å². The standard InChI is InChI=1S/C14H7BrCl2F2O/c15-8-5-11(18)14(12(19)6-8)13(20)4-7-1-2-9(16)10(17)3-7/h1-3,5-6H,4H2. The van der Waals surface area contributed by atoms with E-state index >= 15 is 0 Å². The molecule has 0 bridgehead atoms. The number of carbonyl (C=O) groups excluding carboxylic acids is 1. The number of benzene rings is 2. The van der Waals surface area contributed by atoms with Crippen molar-refractivity contribution in [2.45, 2.75) is 6.42 Å². The van der Waals surface area contributed by atoms with Crippen molar-refractivity contribution in [1.82, 2.24) is 0 Å². The highest BCUT2D eigenvalue weighted by atomic mass is 79.9. The summed E-state index contributed by atoms with van der Waals surface area (Å²) in [6, 6.07) is 6.70. The van der Waals surface area contributed by atoms with Gasteiger partial charge in [-0.15, -0.1) is 0 Å². The van der Waals surface area contributed by atoms with Gasteiger partial charge in [-0.25, -0.2) is 8.78 Å². The van der Waals surface area contributed by atoms with Crippen molar-refractivity contribution in [3.63, 3.8) is 0 Å². The Hall–Kier alpha value is -0.970. The fourth-order valence-corrected chi connectivity index (χ4v) is 2.45. The SMILES string of the molecule is O=C(Cc1ccc(Cl)c(Cl)c1)c1c(F)cc(Br)cc1F. The van der Waals surface area contributed by atoms with Gasteiger partial charge in [0.25, 0.3) is 0 Å². The number of carbonyl (C=O) groups is 1. The molecule has 0 fully saturated rings. The largest absolute Gasteiger partial charge is 0.294 e. The van der Waals surface area contributed by atoms with Gasteiger partial charge in [0.05, 0.1) is 15.6 Å². The quantitative estimate of drug-likeness (QED) is 0.647. The third-order valence-corrected chi connectivity index (χ3v) is 3.83. The Morgan fingerprint density at radius 3 is 2.20 bits per heavy atom. The molecule has 0 saturated carbocycles. The molecule has 0 aromatic heterocycles. The molecule has 0 aliphatic heterocycles. The van der Waals surface area contributed by atoms with Crippen molar-refractivity contribution in [2.75, 3.05) is 0 Å². The first-order chi connectivity index (χ1) is 9.38. The van der Waals surface area contributed by atoms with Crippen molar-refractivity contribution in [3.05, 3.63) is 67.6 Å². The maximum absolute atomic E-state index is 13.7. The summed E-state index contributed by atoms with van der Waals surface area (Å²) in [7, 11) is 0. The van der Waals surface area contributed by atoms with Crippen LogP contribution in [0.15, 0.2) is 34.8 Å². The van der Waals surface area contributed by atoms with E-state index in [4.69, 9.17) is 23.2 Å². The number of Topliss-reactive ketones (excluding diaryl/α,β-unsaturated/α-hetero) is 1. The number of halogens is 5. The van der Waals surface area contributed by atoms with E-state index in [1.807, 2.05) is 0 Å². The first-order valence-electron chi connectivity index (χ1n) is 5.50. The first-order valence-corrected chi connectivity index (χ1v) is 7.05. The molecule has 0 N–H and O–H groups in total. The Morgan fingerprint density at radius 2 is 1.65 bits per heavy atom. The molecular weight excluding hydrogens is 373 g/mol. The molecule has 0 atom stereocenters. The van der Waals surface area contributed by atoms with Crippen LogP contribution in [-0.2, 0) is 6.42 Å². The molecule has 20 heavy (non-hydrogen) atoms. The van der Waals surface area contributed by atoms with Crippen molar-refractivity contribution in [3.8, 4) is 0 Å². The van der Waals surface area contributed by atoms with Gasteiger partial charge in [0.1, 0.15) is 11.6 Å². The summed E-state index contributed by atoms with van der Waals surface area (Å²) < 4.78 is 27.6. The van der Waals surface area contributed by atoms with Crippen molar-refractivity contribution in [2.24, 2.45) is 0 Å². The fraction of sp³-hybridized carbons (Fsp3) is 0.0714. The molecule has 0 saturated heterocycles. The number of hydrogen-bond donors (Lipinski definition) is 0. The molecule has 6 heteroatoms. The second-order valence-electron chi connectivity index (χ2n) is 4.09. The van der Waals surface area contributed by atoms with Crippen LogP contribution in [0, 0.1) is 11.6 Å². The molecule has 2 aromatic rings. The molecule has 2 rings (SSSR count). The fourth-order valence-electron chi connectivity index (χ4n) is 1.73. The van der Waals surface area contributed by atoms with E-state index in [0.29, 0.717) is 10.6 Å². The Balaban J connectivity index is 2.31. The van der Waals surface area contributed by atoms with Crippen LogP contribution in [0.3, 0.4) is 0 Å². The second kappa shape index (κ2) is 6.20. The lowest BCUT2D eigenvalue weighted by Gasteiger charge is -2.06. The molecule has 2 aromatic carbocycles. The highest BCUT2D eigenvalue weighted by Crippen LogP contribution is 2.25. The van der Waals surface area contributed by atoms with Crippen LogP contribution in [0.25, 0.3) is 0 Å². The average Bonchev–Trinajstić information content (AvgIpc) is 2.32. The lowest BCUT2D eigenvalue weighted by atomic mass is 10.0. The van der Waals surface area contributed by atoms with E-state index in [1.165, 1.54) is 12.1 Å². The minimum Gasteiger partial charge on any atom is -0.294 e. The molecule has 1 nitrogen and oxygen atoms in total. The van der Waals surface area contributed by atoms with Crippen LogP contribution < -0.4 is 0 Å². The van der Waals surface area contributed by atoms with Gasteiger partial charge in [-0.3, -0.25) is 4.79 Å². The Bertz CT molecular complexity index is 666. The van der Waals surface area contributed by atoms with Crippen molar-refractivity contribution < 1.29 is 13.6 Å². The van der Waals surface area contributed by atoms with Crippen molar-refractivity contribution in [1.29, 1.82) is 0 Å². The third-order valence-electron chi connectivity index (χ3n) is 2.63. The Labute approximate surface area is 132 Å². The zero-order valence-electron chi connectivity index (χ0n) is 9.89. The minimum absolute atomic E-state index is 0.160. The van der Waals surface area contributed by atoms with E-state index in [0.717, 1.165) is 12.1 Å². The van der Waals surface area contributed by atoms with Crippen molar-refractivity contribution >= 4 is 44.9 Å². The maximum atomic E-state index is 13.7. The van der Waals surface area contributed by atoms with Crippen LogP contribution in [0.5, 0.6) is 0 Å². The predicted molar refractivity (Wildman–Crippen MR) is 78.6 cm³/mol. The van der Waals surface area contributed by atoms with Gasteiger partial charge in [0, 0.05) is 10.9 Å². The number of hydrogen-bond acceptors (Lipinski definition) is 1. The highest BCUT2D eigenvalue weighted by molar-refractivity contribution is 9.10. The normalized spacial score (nSPS) is 10.7. The summed E-state index contributed by atoms with van der Waals surface area (Å²) in [5.41, 5.74) is -0.0228. The smallest absolute Gasteiger partial charge is 0.173 e. The first kappa shape index (κ1) is 15.4. The zero-order chi connectivity index (χ0) is 14.9. The van der Waals surface area contributed by atoms with Gasteiger partial charge in [0.15, 0.2) is 5.78 Å². The number of rotatable bonds is 3. The molecule has 0 aliphatic rings. The average molecular weight is 380 g/mol.